The number of hydrogen-bond donors (Lipinski definition) is 4. The van der Waals surface area contributed by atoms with E-state index >= 15 is 0 Å². The van der Waals surface area contributed by atoms with Crippen LogP contribution in [0.15, 0.2) is 24.3 Å². The Bertz CT molecular complexity index is 508. The molecule has 0 amide bonds. The first kappa shape index (κ1) is 15.6. The molecule has 4 N–H and O–H groups in total. The molecule has 116 valence electrons. The van der Waals surface area contributed by atoms with Gasteiger partial charge in [0.05, 0.1) is 11.5 Å². The summed E-state index contributed by atoms with van der Waals surface area (Å²) in [5, 5.41) is 48.9. The van der Waals surface area contributed by atoms with E-state index in [4.69, 9.17) is 9.47 Å². The number of nitro benzene ring substituents is 1. The van der Waals surface area contributed by atoms with Crippen molar-refractivity contribution in [2.75, 3.05) is 6.61 Å². The van der Waals surface area contributed by atoms with Crippen molar-refractivity contribution < 1.29 is 34.8 Å². The first-order valence-electron chi connectivity index (χ1n) is 6.16. The highest BCUT2D eigenvalue weighted by atomic mass is 16.7. The van der Waals surface area contributed by atoms with Gasteiger partial charge < -0.3 is 29.9 Å². The largest absolute Gasteiger partial charge is 0.478 e. The predicted octanol–water partition coefficient (Wildman–Crippen LogP) is -1.23. The third-order valence-corrected chi connectivity index (χ3v) is 3.16. The highest BCUT2D eigenvalue weighted by molar-refractivity contribution is 5.45. The van der Waals surface area contributed by atoms with Crippen molar-refractivity contribution in [2.45, 2.75) is 30.7 Å². The summed E-state index contributed by atoms with van der Waals surface area (Å²) in [5.74, 6) is -0.141. The summed E-state index contributed by atoms with van der Waals surface area (Å²) < 4.78 is 10.2. The molecule has 21 heavy (non-hydrogen) atoms. The maximum atomic E-state index is 10.9. The van der Waals surface area contributed by atoms with Gasteiger partial charge in [0.2, 0.25) is 0 Å². The fourth-order valence-corrected chi connectivity index (χ4v) is 2.07. The number of aliphatic hydroxyl groups is 4. The Morgan fingerprint density at radius 3 is 2.52 bits per heavy atom. The monoisotopic (exact) mass is 301 g/mol. The zero-order chi connectivity index (χ0) is 15.6. The summed E-state index contributed by atoms with van der Waals surface area (Å²) in [6.07, 6.45) is -7.32. The third kappa shape index (κ3) is 3.12. The molecule has 1 aliphatic heterocycles. The summed E-state index contributed by atoms with van der Waals surface area (Å²) >= 11 is 0. The molecule has 9 heteroatoms. The molecule has 1 fully saturated rings. The van der Waals surface area contributed by atoms with Crippen LogP contribution < -0.4 is 4.74 Å². The quantitative estimate of drug-likeness (QED) is 0.400. The molecule has 1 saturated heterocycles. The number of nitrogens with zero attached hydrogens (tertiary/aromatic N) is 1. The maximum absolute atomic E-state index is 10.9. The predicted molar refractivity (Wildman–Crippen MR) is 67.5 cm³/mol. The van der Waals surface area contributed by atoms with Crippen molar-refractivity contribution in [1.82, 2.24) is 0 Å². The fraction of sp³-hybridized carbons (Fsp3) is 0.500. The summed E-state index contributed by atoms with van der Waals surface area (Å²) in [6.45, 7) is -0.605. The lowest BCUT2D eigenvalue weighted by Crippen LogP contribution is -2.60. The Morgan fingerprint density at radius 1 is 1.24 bits per heavy atom. The molecule has 1 aliphatic rings. The molecule has 0 aliphatic carbocycles. The smallest absolute Gasteiger partial charge is 0.310 e. The van der Waals surface area contributed by atoms with E-state index in [1.165, 1.54) is 24.3 Å². The van der Waals surface area contributed by atoms with E-state index in [1.54, 1.807) is 0 Å². The first-order valence-corrected chi connectivity index (χ1v) is 6.16. The number of aliphatic hydroxyl groups excluding tert-OH is 4. The van der Waals surface area contributed by atoms with Crippen molar-refractivity contribution in [3.8, 4) is 5.75 Å². The Balaban J connectivity index is 2.26. The molecular formula is C12H15NO8. The number of para-hydroxylation sites is 2. The van der Waals surface area contributed by atoms with Crippen molar-refractivity contribution in [3.63, 3.8) is 0 Å². The molecular weight excluding hydrogens is 286 g/mol. The zero-order valence-corrected chi connectivity index (χ0v) is 10.8. The Morgan fingerprint density at radius 2 is 1.90 bits per heavy atom. The molecule has 0 aromatic heterocycles. The third-order valence-electron chi connectivity index (χ3n) is 3.16. The van der Waals surface area contributed by atoms with Gasteiger partial charge in [-0.1, -0.05) is 12.1 Å². The van der Waals surface area contributed by atoms with Crippen LogP contribution in [0.3, 0.4) is 0 Å². The molecule has 0 spiro atoms. The first-order chi connectivity index (χ1) is 9.95. The van der Waals surface area contributed by atoms with Crippen molar-refractivity contribution in [3.05, 3.63) is 34.4 Å². The van der Waals surface area contributed by atoms with Crippen LogP contribution in [-0.2, 0) is 4.74 Å². The number of nitro groups is 1. The molecule has 0 radical (unpaired) electrons. The van der Waals surface area contributed by atoms with Gasteiger partial charge in [0, 0.05) is 6.07 Å². The Kier molecular flexibility index (Phi) is 4.70. The molecule has 9 nitrogen and oxygen atoms in total. The van der Waals surface area contributed by atoms with Crippen LogP contribution in [0.5, 0.6) is 5.75 Å². The van der Waals surface area contributed by atoms with E-state index in [0.717, 1.165) is 0 Å². The van der Waals surface area contributed by atoms with Gasteiger partial charge in [-0.3, -0.25) is 10.1 Å². The van der Waals surface area contributed by atoms with Crippen LogP contribution in [-0.4, -0.2) is 62.7 Å². The van der Waals surface area contributed by atoms with Gasteiger partial charge in [-0.25, -0.2) is 0 Å². The van der Waals surface area contributed by atoms with Gasteiger partial charge in [0.1, 0.15) is 18.3 Å². The van der Waals surface area contributed by atoms with E-state index in [-0.39, 0.29) is 11.4 Å². The van der Waals surface area contributed by atoms with Crippen LogP contribution in [0.2, 0.25) is 0 Å². The van der Waals surface area contributed by atoms with E-state index in [9.17, 15) is 30.5 Å². The molecule has 0 bridgehead atoms. The van der Waals surface area contributed by atoms with E-state index in [0.29, 0.717) is 0 Å². The van der Waals surface area contributed by atoms with Crippen LogP contribution in [0, 0.1) is 10.1 Å². The molecule has 1 heterocycles. The van der Waals surface area contributed by atoms with Crippen LogP contribution in [0.1, 0.15) is 0 Å². The van der Waals surface area contributed by atoms with Crippen LogP contribution >= 0.6 is 0 Å². The normalized spacial score (nSPS) is 32.7. The van der Waals surface area contributed by atoms with Gasteiger partial charge in [-0.15, -0.1) is 0 Å². The minimum atomic E-state index is -1.68. The molecule has 2 rings (SSSR count). The summed E-state index contributed by atoms with van der Waals surface area (Å²) in [4.78, 5) is 10.2. The van der Waals surface area contributed by atoms with E-state index in [1.807, 2.05) is 0 Å². The number of rotatable bonds is 4. The van der Waals surface area contributed by atoms with Crippen LogP contribution in [0.25, 0.3) is 0 Å². The van der Waals surface area contributed by atoms with E-state index < -0.39 is 42.2 Å². The molecule has 0 unspecified atom stereocenters. The van der Waals surface area contributed by atoms with Crippen molar-refractivity contribution in [2.24, 2.45) is 0 Å². The van der Waals surface area contributed by atoms with Gasteiger partial charge in [-0.05, 0) is 6.07 Å². The fourth-order valence-electron chi connectivity index (χ4n) is 2.07. The van der Waals surface area contributed by atoms with Gasteiger partial charge >= 0.3 is 5.69 Å². The molecule has 1 aromatic carbocycles. The minimum Gasteiger partial charge on any atom is -0.478 e. The van der Waals surface area contributed by atoms with Crippen LogP contribution in [0.4, 0.5) is 5.69 Å². The van der Waals surface area contributed by atoms with Crippen molar-refractivity contribution >= 4 is 5.69 Å². The molecule has 1 aromatic rings. The summed E-state index contributed by atoms with van der Waals surface area (Å²) in [7, 11) is 0. The van der Waals surface area contributed by atoms with Gasteiger partial charge in [0.15, 0.2) is 18.1 Å². The average Bonchev–Trinajstić information content (AvgIpc) is 2.47. The summed E-state index contributed by atoms with van der Waals surface area (Å²) in [5.41, 5.74) is -0.331. The number of hydrogen-bond acceptors (Lipinski definition) is 8. The standard InChI is InChI=1S/C12H15NO8/c14-5-8-11(9(15)10(16)12(17)21-8)20-7-4-2-1-3-6(7)13(18)19/h1-4,8-12,14-17H,5H2/t8-,9-,10-,11-,12+/m1/s1. The van der Waals surface area contributed by atoms with Crippen molar-refractivity contribution in [1.29, 1.82) is 0 Å². The second-order valence-corrected chi connectivity index (χ2v) is 4.54. The molecule has 0 saturated carbocycles. The van der Waals surface area contributed by atoms with E-state index in [2.05, 4.69) is 0 Å². The Labute approximate surface area is 119 Å². The van der Waals surface area contributed by atoms with Gasteiger partial charge in [0.25, 0.3) is 0 Å². The summed E-state index contributed by atoms with van der Waals surface area (Å²) in [6, 6.07) is 5.47. The lowest BCUT2D eigenvalue weighted by atomic mass is 9.99. The zero-order valence-electron chi connectivity index (χ0n) is 10.8. The highest BCUT2D eigenvalue weighted by Gasteiger charge is 2.45. The second kappa shape index (κ2) is 6.33. The SMILES string of the molecule is O=[N+]([O-])c1ccccc1O[C@H]1[C@H](O)[C@@H](O)[C@@H](O)O[C@@H]1CO. The Hall–Kier alpha value is -1.78. The highest BCUT2D eigenvalue weighted by Crippen LogP contribution is 2.30. The molecule has 5 atom stereocenters. The number of ether oxygens (including phenoxy) is 2. The lowest BCUT2D eigenvalue weighted by molar-refractivity contribution is -0.386. The maximum Gasteiger partial charge on any atom is 0.310 e. The average molecular weight is 301 g/mol. The van der Waals surface area contributed by atoms with Gasteiger partial charge in [-0.2, -0.15) is 0 Å². The minimum absolute atomic E-state index is 0.141. The lowest BCUT2D eigenvalue weighted by Gasteiger charge is -2.39. The number of benzene rings is 1. The second-order valence-electron chi connectivity index (χ2n) is 4.54. The topological polar surface area (TPSA) is 143 Å².